The van der Waals surface area contributed by atoms with Gasteiger partial charge in [-0.15, -0.1) is 0 Å². The number of amides is 1. The van der Waals surface area contributed by atoms with Crippen LogP contribution in [0.4, 0.5) is 10.1 Å². The van der Waals surface area contributed by atoms with Gasteiger partial charge in [-0.1, -0.05) is 18.2 Å². The van der Waals surface area contributed by atoms with Gasteiger partial charge in [-0.3, -0.25) is 4.79 Å². The van der Waals surface area contributed by atoms with E-state index < -0.39 is 11.7 Å². The summed E-state index contributed by atoms with van der Waals surface area (Å²) in [5.41, 5.74) is 4.61. The molecule has 0 aromatic heterocycles. The summed E-state index contributed by atoms with van der Waals surface area (Å²) in [5, 5.41) is 2.59. The largest absolute Gasteiger partial charge is 0.496 e. The quantitative estimate of drug-likeness (QED) is 0.594. The summed E-state index contributed by atoms with van der Waals surface area (Å²) in [6.45, 7) is 6.32. The van der Waals surface area contributed by atoms with Crippen LogP contribution in [0.2, 0.25) is 0 Å². The van der Waals surface area contributed by atoms with Crippen LogP contribution in [0.25, 0.3) is 0 Å². The zero-order chi connectivity index (χ0) is 21.0. The summed E-state index contributed by atoms with van der Waals surface area (Å²) < 4.78 is 25.3. The van der Waals surface area contributed by atoms with Gasteiger partial charge in [0.25, 0.3) is 5.91 Å². The number of hydrogen-bond donors (Lipinski definition) is 1. The molecule has 150 valence electrons. The van der Waals surface area contributed by atoms with E-state index in [2.05, 4.69) is 11.4 Å². The molecule has 0 unspecified atom stereocenters. The Morgan fingerprint density at radius 3 is 2.48 bits per heavy atom. The lowest BCUT2D eigenvalue weighted by Crippen LogP contribution is -2.14. The molecule has 0 fully saturated rings. The van der Waals surface area contributed by atoms with Gasteiger partial charge in [0.05, 0.1) is 12.8 Å². The number of aryl methyl sites for hydroxylation is 2. The third-order valence-corrected chi connectivity index (χ3v) is 4.81. The smallest absolute Gasteiger partial charge is 0.255 e. The van der Waals surface area contributed by atoms with E-state index in [-0.39, 0.29) is 12.3 Å². The topological polar surface area (TPSA) is 47.6 Å². The Bertz CT molecular complexity index is 1050. The van der Waals surface area contributed by atoms with Gasteiger partial charge in [0.15, 0.2) is 0 Å². The van der Waals surface area contributed by atoms with Crippen LogP contribution in [-0.2, 0) is 6.61 Å². The lowest BCUT2D eigenvalue weighted by Gasteiger charge is -2.15. The third-order valence-electron chi connectivity index (χ3n) is 4.81. The molecule has 3 aromatic rings. The molecule has 0 radical (unpaired) electrons. The molecule has 3 aromatic carbocycles. The summed E-state index contributed by atoms with van der Waals surface area (Å²) in [7, 11) is 1.57. The Labute approximate surface area is 170 Å². The second-order valence-electron chi connectivity index (χ2n) is 6.95. The van der Waals surface area contributed by atoms with Crippen molar-refractivity contribution in [3.05, 3.63) is 88.2 Å². The highest BCUT2D eigenvalue weighted by atomic mass is 19.1. The number of halogens is 1. The Morgan fingerprint density at radius 1 is 1.00 bits per heavy atom. The monoisotopic (exact) mass is 393 g/mol. The molecule has 4 nitrogen and oxygen atoms in total. The summed E-state index contributed by atoms with van der Waals surface area (Å²) in [6, 6.07) is 15.2. The number of carbonyl (C=O) groups is 1. The number of nitrogens with one attached hydrogen (secondary N) is 1. The van der Waals surface area contributed by atoms with Crippen molar-refractivity contribution in [2.45, 2.75) is 27.4 Å². The van der Waals surface area contributed by atoms with Crippen LogP contribution in [0.1, 0.15) is 32.6 Å². The fourth-order valence-electron chi connectivity index (χ4n) is 3.10. The van der Waals surface area contributed by atoms with E-state index in [1.165, 1.54) is 12.1 Å². The number of rotatable bonds is 6. The van der Waals surface area contributed by atoms with E-state index in [9.17, 15) is 9.18 Å². The maximum absolute atomic E-state index is 13.8. The van der Waals surface area contributed by atoms with Crippen LogP contribution in [0.5, 0.6) is 11.5 Å². The van der Waals surface area contributed by atoms with E-state index in [1.54, 1.807) is 37.4 Å². The lowest BCUT2D eigenvalue weighted by molar-refractivity contribution is 0.102. The van der Waals surface area contributed by atoms with E-state index in [0.29, 0.717) is 11.3 Å². The van der Waals surface area contributed by atoms with Gasteiger partial charge in [-0.05, 0) is 73.9 Å². The molecule has 0 aliphatic heterocycles. The van der Waals surface area contributed by atoms with E-state index in [1.807, 2.05) is 26.8 Å². The predicted molar refractivity (Wildman–Crippen MR) is 112 cm³/mol. The number of anilines is 1. The number of carbonyl (C=O) groups excluding carboxylic acids is 1. The van der Waals surface area contributed by atoms with Gasteiger partial charge in [-0.25, -0.2) is 4.39 Å². The van der Waals surface area contributed by atoms with E-state index in [0.717, 1.165) is 28.0 Å². The van der Waals surface area contributed by atoms with E-state index in [4.69, 9.17) is 9.47 Å². The van der Waals surface area contributed by atoms with Gasteiger partial charge in [-0.2, -0.15) is 0 Å². The first-order valence-corrected chi connectivity index (χ1v) is 9.32. The molecular formula is C24H24FNO3. The third kappa shape index (κ3) is 4.74. The zero-order valence-corrected chi connectivity index (χ0v) is 17.0. The highest BCUT2D eigenvalue weighted by molar-refractivity contribution is 6.04. The first-order chi connectivity index (χ1) is 13.9. The average Bonchev–Trinajstić information content (AvgIpc) is 2.71. The van der Waals surface area contributed by atoms with Gasteiger partial charge in [0.1, 0.15) is 23.9 Å². The number of hydrogen-bond acceptors (Lipinski definition) is 3. The Morgan fingerprint density at radius 2 is 1.76 bits per heavy atom. The van der Waals surface area contributed by atoms with Crippen molar-refractivity contribution in [2.24, 2.45) is 0 Å². The van der Waals surface area contributed by atoms with Crippen LogP contribution in [0.15, 0.2) is 54.6 Å². The highest BCUT2D eigenvalue weighted by Gasteiger charge is 2.13. The minimum atomic E-state index is -0.483. The molecule has 0 saturated carbocycles. The number of ether oxygens (including phenoxy) is 2. The number of para-hydroxylation sites is 1. The minimum absolute atomic E-state index is 0.136. The second-order valence-corrected chi connectivity index (χ2v) is 6.95. The van der Waals surface area contributed by atoms with Gasteiger partial charge in [0.2, 0.25) is 0 Å². The summed E-state index contributed by atoms with van der Waals surface area (Å²) in [4.78, 5) is 12.6. The van der Waals surface area contributed by atoms with Gasteiger partial charge >= 0.3 is 0 Å². The minimum Gasteiger partial charge on any atom is -0.496 e. The van der Waals surface area contributed by atoms with Crippen LogP contribution in [0.3, 0.4) is 0 Å². The average molecular weight is 393 g/mol. The fourth-order valence-corrected chi connectivity index (χ4v) is 3.10. The molecule has 5 heteroatoms. The van der Waals surface area contributed by atoms with Gasteiger partial charge < -0.3 is 14.8 Å². The molecule has 0 saturated heterocycles. The maximum Gasteiger partial charge on any atom is 0.255 e. The van der Waals surface area contributed by atoms with Crippen LogP contribution >= 0.6 is 0 Å². The highest BCUT2D eigenvalue weighted by Crippen LogP contribution is 2.27. The van der Waals surface area contributed by atoms with Crippen molar-refractivity contribution in [3.63, 3.8) is 0 Å². The molecule has 1 amide bonds. The molecule has 0 heterocycles. The molecule has 0 atom stereocenters. The van der Waals surface area contributed by atoms with Crippen molar-refractivity contribution in [2.75, 3.05) is 12.4 Å². The van der Waals surface area contributed by atoms with E-state index >= 15 is 0 Å². The summed E-state index contributed by atoms with van der Waals surface area (Å²) in [6.07, 6.45) is 0. The maximum atomic E-state index is 13.8. The Kier molecular flexibility index (Phi) is 6.17. The first-order valence-electron chi connectivity index (χ1n) is 9.32. The summed E-state index contributed by atoms with van der Waals surface area (Å²) in [5.74, 6) is 0.532. The second kappa shape index (κ2) is 8.78. The molecule has 29 heavy (non-hydrogen) atoms. The lowest BCUT2D eigenvalue weighted by atomic mass is 10.1. The molecule has 0 aliphatic rings. The van der Waals surface area contributed by atoms with Crippen molar-refractivity contribution in [1.82, 2.24) is 0 Å². The molecule has 0 spiro atoms. The molecular weight excluding hydrogens is 369 g/mol. The molecule has 0 bridgehead atoms. The van der Waals surface area contributed by atoms with Gasteiger partial charge in [0, 0.05) is 11.1 Å². The summed E-state index contributed by atoms with van der Waals surface area (Å²) >= 11 is 0. The van der Waals surface area contributed by atoms with Crippen molar-refractivity contribution < 1.29 is 18.7 Å². The molecule has 1 N–H and O–H groups in total. The van der Waals surface area contributed by atoms with Crippen molar-refractivity contribution in [1.29, 1.82) is 0 Å². The first kappa shape index (κ1) is 20.4. The predicted octanol–water partition coefficient (Wildman–Crippen LogP) is 5.59. The fraction of sp³-hybridized carbons (Fsp3) is 0.208. The Hall–Kier alpha value is -3.34. The van der Waals surface area contributed by atoms with Crippen LogP contribution in [-0.4, -0.2) is 13.0 Å². The SMILES string of the molecule is COc1ccc(C(=O)Nc2ccccc2F)cc1COc1cc(C)cc(C)c1C. The molecule has 3 rings (SSSR count). The zero-order valence-electron chi connectivity index (χ0n) is 17.0. The standard InChI is InChI=1S/C24H24FNO3/c1-15-11-16(2)17(3)23(12-15)29-14-19-13-18(9-10-22(19)28-4)24(27)26-21-8-6-5-7-20(21)25/h5-13H,14H2,1-4H3,(H,26,27). The van der Waals surface area contributed by atoms with Crippen molar-refractivity contribution >= 4 is 11.6 Å². The Balaban J connectivity index is 1.82. The molecule has 0 aliphatic carbocycles. The van der Waals surface area contributed by atoms with Crippen LogP contribution < -0.4 is 14.8 Å². The van der Waals surface area contributed by atoms with Crippen molar-refractivity contribution in [3.8, 4) is 11.5 Å². The number of methoxy groups -OCH3 is 1. The normalized spacial score (nSPS) is 10.5. The number of benzene rings is 3. The van der Waals surface area contributed by atoms with Crippen LogP contribution in [0, 0.1) is 26.6 Å².